The SMILES string of the molecule is Cc1nc2ccc(OS(=O)(=O)c3ccc(F)cc3)cc2o1. The van der Waals surface area contributed by atoms with Crippen LogP contribution in [-0.4, -0.2) is 13.4 Å². The number of fused-ring (bicyclic) bond motifs is 1. The molecule has 108 valence electrons. The molecule has 2 aromatic carbocycles. The highest BCUT2D eigenvalue weighted by atomic mass is 32.2. The summed E-state index contributed by atoms with van der Waals surface area (Å²) in [5, 5.41) is 0. The quantitative estimate of drug-likeness (QED) is 0.696. The van der Waals surface area contributed by atoms with Crippen LogP contribution in [0, 0.1) is 12.7 Å². The molecule has 3 aromatic rings. The highest BCUT2D eigenvalue weighted by Crippen LogP contribution is 2.24. The molecule has 21 heavy (non-hydrogen) atoms. The van der Waals surface area contributed by atoms with Crippen molar-refractivity contribution >= 4 is 21.2 Å². The van der Waals surface area contributed by atoms with Crippen molar-refractivity contribution in [1.82, 2.24) is 4.98 Å². The Balaban J connectivity index is 1.94. The second-order valence-corrected chi connectivity index (χ2v) is 5.90. The second kappa shape index (κ2) is 4.85. The average molecular weight is 307 g/mol. The molecule has 0 aliphatic carbocycles. The maximum Gasteiger partial charge on any atom is 0.339 e. The first-order chi connectivity index (χ1) is 9.94. The molecule has 0 fully saturated rings. The predicted octanol–water partition coefficient (Wildman–Crippen LogP) is 3.04. The van der Waals surface area contributed by atoms with Crippen molar-refractivity contribution in [2.75, 3.05) is 0 Å². The van der Waals surface area contributed by atoms with E-state index in [4.69, 9.17) is 8.60 Å². The van der Waals surface area contributed by atoms with Gasteiger partial charge in [0, 0.05) is 13.0 Å². The van der Waals surface area contributed by atoms with Crippen molar-refractivity contribution in [1.29, 1.82) is 0 Å². The van der Waals surface area contributed by atoms with E-state index < -0.39 is 15.9 Å². The van der Waals surface area contributed by atoms with Crippen LogP contribution in [-0.2, 0) is 10.1 Å². The van der Waals surface area contributed by atoms with E-state index in [1.807, 2.05) is 0 Å². The molecule has 0 spiro atoms. The minimum atomic E-state index is -4.02. The van der Waals surface area contributed by atoms with Gasteiger partial charge in [0.05, 0.1) is 0 Å². The zero-order valence-corrected chi connectivity index (χ0v) is 11.7. The van der Waals surface area contributed by atoms with Crippen LogP contribution >= 0.6 is 0 Å². The maximum atomic E-state index is 12.8. The van der Waals surface area contributed by atoms with Gasteiger partial charge in [-0.1, -0.05) is 0 Å². The Morgan fingerprint density at radius 1 is 1.14 bits per heavy atom. The Labute approximate surface area is 120 Å². The van der Waals surface area contributed by atoms with E-state index in [1.54, 1.807) is 13.0 Å². The molecule has 0 bridgehead atoms. The third kappa shape index (κ3) is 2.73. The lowest BCUT2D eigenvalue weighted by molar-refractivity contribution is 0.485. The highest BCUT2D eigenvalue weighted by molar-refractivity contribution is 7.87. The normalized spacial score (nSPS) is 11.7. The van der Waals surface area contributed by atoms with E-state index in [1.165, 1.54) is 12.1 Å². The van der Waals surface area contributed by atoms with E-state index in [2.05, 4.69) is 4.98 Å². The third-order valence-corrected chi connectivity index (χ3v) is 4.04. The summed E-state index contributed by atoms with van der Waals surface area (Å²) in [6.07, 6.45) is 0. The number of aryl methyl sites for hydroxylation is 1. The topological polar surface area (TPSA) is 69.4 Å². The smallest absolute Gasteiger partial charge is 0.339 e. The minimum Gasteiger partial charge on any atom is -0.441 e. The number of hydrogen-bond donors (Lipinski definition) is 0. The number of benzene rings is 2. The van der Waals surface area contributed by atoms with Gasteiger partial charge < -0.3 is 8.60 Å². The van der Waals surface area contributed by atoms with E-state index in [-0.39, 0.29) is 10.6 Å². The lowest BCUT2D eigenvalue weighted by Gasteiger charge is -2.06. The summed E-state index contributed by atoms with van der Waals surface area (Å²) in [5.41, 5.74) is 1.04. The third-order valence-electron chi connectivity index (χ3n) is 2.78. The summed E-state index contributed by atoms with van der Waals surface area (Å²) in [6.45, 7) is 1.69. The Kier molecular flexibility index (Phi) is 3.13. The molecule has 0 saturated heterocycles. The molecule has 5 nitrogen and oxygen atoms in total. The van der Waals surface area contributed by atoms with Crippen LogP contribution in [0.1, 0.15) is 5.89 Å². The second-order valence-electron chi connectivity index (χ2n) is 4.35. The van der Waals surface area contributed by atoms with Gasteiger partial charge in [-0.05, 0) is 36.4 Å². The first-order valence-corrected chi connectivity index (χ1v) is 7.42. The maximum absolute atomic E-state index is 12.8. The molecule has 7 heteroatoms. The molecule has 0 radical (unpaired) electrons. The number of oxazole rings is 1. The molecule has 3 rings (SSSR count). The molecular formula is C14H10FNO4S. The number of nitrogens with zero attached hydrogens (tertiary/aromatic N) is 1. The zero-order valence-electron chi connectivity index (χ0n) is 10.9. The largest absolute Gasteiger partial charge is 0.441 e. The van der Waals surface area contributed by atoms with Crippen LogP contribution in [0.5, 0.6) is 5.75 Å². The Hall–Kier alpha value is -2.41. The molecule has 0 N–H and O–H groups in total. The molecule has 0 saturated carbocycles. The molecular weight excluding hydrogens is 297 g/mol. The van der Waals surface area contributed by atoms with Crippen LogP contribution < -0.4 is 4.18 Å². The summed E-state index contributed by atoms with van der Waals surface area (Å²) in [5.74, 6) is 0.0546. The number of halogens is 1. The first kappa shape index (κ1) is 13.6. The van der Waals surface area contributed by atoms with Crippen molar-refractivity contribution in [2.45, 2.75) is 11.8 Å². The van der Waals surface area contributed by atoms with Crippen molar-refractivity contribution in [3.63, 3.8) is 0 Å². The van der Waals surface area contributed by atoms with Gasteiger partial charge in [-0.25, -0.2) is 9.37 Å². The van der Waals surface area contributed by atoms with Crippen LogP contribution in [0.3, 0.4) is 0 Å². The van der Waals surface area contributed by atoms with Crippen LogP contribution in [0.4, 0.5) is 4.39 Å². The fourth-order valence-electron chi connectivity index (χ4n) is 1.85. The van der Waals surface area contributed by atoms with Gasteiger partial charge >= 0.3 is 10.1 Å². The standard InChI is InChI=1S/C14H10FNO4S/c1-9-16-13-7-4-11(8-14(13)19-9)20-21(17,18)12-5-2-10(15)3-6-12/h2-8H,1H3. The van der Waals surface area contributed by atoms with Crippen molar-refractivity contribution in [3.8, 4) is 5.75 Å². The van der Waals surface area contributed by atoms with E-state index >= 15 is 0 Å². The number of rotatable bonds is 3. The predicted molar refractivity (Wildman–Crippen MR) is 73.0 cm³/mol. The summed E-state index contributed by atoms with van der Waals surface area (Å²) < 4.78 is 47.3. The van der Waals surface area contributed by atoms with Gasteiger partial charge in [0.15, 0.2) is 11.5 Å². The van der Waals surface area contributed by atoms with E-state index in [0.717, 1.165) is 24.3 Å². The summed E-state index contributed by atoms with van der Waals surface area (Å²) in [4.78, 5) is 3.98. The lowest BCUT2D eigenvalue weighted by atomic mass is 10.3. The van der Waals surface area contributed by atoms with E-state index in [9.17, 15) is 12.8 Å². The molecule has 0 aliphatic heterocycles. The van der Waals surface area contributed by atoms with Crippen molar-refractivity contribution < 1.29 is 21.4 Å². The van der Waals surface area contributed by atoms with Gasteiger partial charge in [-0.3, -0.25) is 0 Å². The molecule has 0 amide bonds. The first-order valence-electron chi connectivity index (χ1n) is 6.01. The average Bonchev–Trinajstić information content (AvgIpc) is 2.78. The van der Waals surface area contributed by atoms with Crippen LogP contribution in [0.25, 0.3) is 11.1 Å². The molecule has 1 heterocycles. The molecule has 0 atom stereocenters. The van der Waals surface area contributed by atoms with Crippen LogP contribution in [0.2, 0.25) is 0 Å². The molecule has 0 aliphatic rings. The van der Waals surface area contributed by atoms with Crippen molar-refractivity contribution in [2.24, 2.45) is 0 Å². The van der Waals surface area contributed by atoms with Gasteiger partial charge in [-0.15, -0.1) is 0 Å². The monoisotopic (exact) mass is 307 g/mol. The van der Waals surface area contributed by atoms with E-state index in [0.29, 0.717) is 17.0 Å². The lowest BCUT2D eigenvalue weighted by Crippen LogP contribution is -2.09. The summed E-state index contributed by atoms with van der Waals surface area (Å²) >= 11 is 0. The molecule has 0 unspecified atom stereocenters. The van der Waals surface area contributed by atoms with Crippen molar-refractivity contribution in [3.05, 3.63) is 54.2 Å². The zero-order chi connectivity index (χ0) is 15.0. The summed E-state index contributed by atoms with van der Waals surface area (Å²) in [6, 6.07) is 8.91. The van der Waals surface area contributed by atoms with Gasteiger partial charge in [0.2, 0.25) is 0 Å². The van der Waals surface area contributed by atoms with Crippen LogP contribution in [0.15, 0.2) is 51.8 Å². The minimum absolute atomic E-state index is 0.1000. The van der Waals surface area contributed by atoms with Gasteiger partial charge in [0.25, 0.3) is 0 Å². The fourth-order valence-corrected chi connectivity index (χ4v) is 2.77. The Bertz CT molecular complexity index is 900. The van der Waals surface area contributed by atoms with Gasteiger partial charge in [0.1, 0.15) is 22.0 Å². The van der Waals surface area contributed by atoms with Gasteiger partial charge in [-0.2, -0.15) is 8.42 Å². The Morgan fingerprint density at radius 3 is 2.57 bits per heavy atom. The molecule has 1 aromatic heterocycles. The fraction of sp³-hybridized carbons (Fsp3) is 0.0714. The Morgan fingerprint density at radius 2 is 1.86 bits per heavy atom. The number of hydrogen-bond acceptors (Lipinski definition) is 5. The summed E-state index contributed by atoms with van der Waals surface area (Å²) in [7, 11) is -4.02. The highest BCUT2D eigenvalue weighted by Gasteiger charge is 2.17. The number of aromatic nitrogens is 1.